The maximum absolute atomic E-state index is 12.1. The fourth-order valence-corrected chi connectivity index (χ4v) is 3.06. The molecule has 0 heterocycles. The summed E-state index contributed by atoms with van der Waals surface area (Å²) in [6.07, 6.45) is 1.93. The highest BCUT2D eigenvalue weighted by Crippen LogP contribution is 2.23. The molecular weight excluding hydrogens is 290 g/mol. The van der Waals surface area contributed by atoms with E-state index < -0.39 is 0 Å². The quantitative estimate of drug-likeness (QED) is 0.737. The van der Waals surface area contributed by atoms with Crippen LogP contribution in [0.25, 0.3) is 0 Å². The van der Waals surface area contributed by atoms with Gasteiger partial charge in [0.25, 0.3) is 5.91 Å². The second-order valence-corrected chi connectivity index (χ2v) is 6.33. The average Bonchev–Trinajstić information content (AvgIpc) is 2.59. The first kappa shape index (κ1) is 16.6. The van der Waals surface area contributed by atoms with Crippen molar-refractivity contribution in [2.24, 2.45) is 0 Å². The van der Waals surface area contributed by atoms with E-state index in [0.717, 1.165) is 24.2 Å². The molecule has 1 N–H and O–H groups in total. The smallest absolute Gasteiger partial charge is 0.251 e. The minimum absolute atomic E-state index is 0.0216. The van der Waals surface area contributed by atoms with E-state index in [1.807, 2.05) is 30.3 Å². The third-order valence-electron chi connectivity index (χ3n) is 3.69. The van der Waals surface area contributed by atoms with Crippen LogP contribution in [0.2, 0.25) is 0 Å². The lowest BCUT2D eigenvalue weighted by Gasteiger charge is -2.14. The molecule has 0 saturated carbocycles. The lowest BCUT2D eigenvalue weighted by molar-refractivity contribution is 0.0935. The topological polar surface area (TPSA) is 29.1 Å². The van der Waals surface area contributed by atoms with E-state index in [1.54, 1.807) is 11.8 Å². The first-order chi connectivity index (χ1) is 10.7. The van der Waals surface area contributed by atoms with E-state index >= 15 is 0 Å². The van der Waals surface area contributed by atoms with Gasteiger partial charge in [0, 0.05) is 22.3 Å². The zero-order valence-corrected chi connectivity index (χ0v) is 14.0. The van der Waals surface area contributed by atoms with E-state index in [-0.39, 0.29) is 11.9 Å². The molecule has 2 rings (SSSR count). The number of rotatable bonds is 7. The van der Waals surface area contributed by atoms with Gasteiger partial charge in [-0.25, -0.2) is 0 Å². The minimum atomic E-state index is 0.0216. The molecule has 0 aliphatic rings. The number of hydrogen-bond acceptors (Lipinski definition) is 2. The van der Waals surface area contributed by atoms with Crippen LogP contribution in [0.4, 0.5) is 0 Å². The SMILES string of the molecule is CCC(CC)NC(=O)c1ccc(SCc2ccccc2)cc1. The molecule has 3 heteroatoms. The van der Waals surface area contributed by atoms with Crippen molar-refractivity contribution in [3.8, 4) is 0 Å². The Morgan fingerprint density at radius 2 is 1.64 bits per heavy atom. The van der Waals surface area contributed by atoms with Gasteiger partial charge in [-0.3, -0.25) is 4.79 Å². The van der Waals surface area contributed by atoms with E-state index in [4.69, 9.17) is 0 Å². The van der Waals surface area contributed by atoms with Gasteiger partial charge in [0.1, 0.15) is 0 Å². The summed E-state index contributed by atoms with van der Waals surface area (Å²) in [6, 6.07) is 18.5. The molecule has 0 aliphatic carbocycles. The van der Waals surface area contributed by atoms with Gasteiger partial charge < -0.3 is 5.32 Å². The van der Waals surface area contributed by atoms with Crippen molar-refractivity contribution < 1.29 is 4.79 Å². The fraction of sp³-hybridized carbons (Fsp3) is 0.316. The maximum Gasteiger partial charge on any atom is 0.251 e. The summed E-state index contributed by atoms with van der Waals surface area (Å²) in [5.41, 5.74) is 2.04. The van der Waals surface area contributed by atoms with Crippen LogP contribution in [0.15, 0.2) is 59.5 Å². The van der Waals surface area contributed by atoms with Gasteiger partial charge in [-0.05, 0) is 42.7 Å². The number of nitrogens with one attached hydrogen (secondary N) is 1. The Balaban J connectivity index is 1.91. The average molecular weight is 313 g/mol. The van der Waals surface area contributed by atoms with Crippen LogP contribution in [0.3, 0.4) is 0 Å². The summed E-state index contributed by atoms with van der Waals surface area (Å²) >= 11 is 1.79. The number of thioether (sulfide) groups is 1. The lowest BCUT2D eigenvalue weighted by Crippen LogP contribution is -2.33. The highest BCUT2D eigenvalue weighted by molar-refractivity contribution is 7.98. The fourth-order valence-electron chi connectivity index (χ4n) is 2.20. The highest BCUT2D eigenvalue weighted by atomic mass is 32.2. The Labute approximate surface area is 137 Å². The first-order valence-corrected chi connectivity index (χ1v) is 8.79. The third kappa shape index (κ3) is 4.92. The number of hydrogen-bond donors (Lipinski definition) is 1. The summed E-state index contributed by atoms with van der Waals surface area (Å²) in [5, 5.41) is 3.06. The second kappa shape index (κ2) is 8.64. The molecule has 0 spiro atoms. The van der Waals surface area contributed by atoms with Crippen LogP contribution in [-0.4, -0.2) is 11.9 Å². The molecule has 0 fully saturated rings. The predicted molar refractivity (Wildman–Crippen MR) is 94.3 cm³/mol. The summed E-state index contributed by atoms with van der Waals surface area (Å²) in [5.74, 6) is 0.966. The Bertz CT molecular complexity index is 576. The Hall–Kier alpha value is -1.74. The molecule has 2 nitrogen and oxygen atoms in total. The van der Waals surface area contributed by atoms with Crippen LogP contribution in [0, 0.1) is 0 Å². The molecule has 116 valence electrons. The van der Waals surface area contributed by atoms with Crippen LogP contribution in [-0.2, 0) is 5.75 Å². The Morgan fingerprint density at radius 1 is 1.00 bits per heavy atom. The molecule has 0 aromatic heterocycles. The van der Waals surface area contributed by atoms with Crippen molar-refractivity contribution in [1.29, 1.82) is 0 Å². The molecule has 22 heavy (non-hydrogen) atoms. The third-order valence-corrected chi connectivity index (χ3v) is 4.77. The van der Waals surface area contributed by atoms with Crippen molar-refractivity contribution in [2.75, 3.05) is 0 Å². The van der Waals surface area contributed by atoms with Crippen molar-refractivity contribution in [2.45, 2.75) is 43.4 Å². The van der Waals surface area contributed by atoms with Gasteiger partial charge in [-0.15, -0.1) is 11.8 Å². The zero-order valence-electron chi connectivity index (χ0n) is 13.2. The van der Waals surface area contributed by atoms with Crippen molar-refractivity contribution >= 4 is 17.7 Å². The summed E-state index contributed by atoms with van der Waals surface area (Å²) in [6.45, 7) is 4.19. The molecule has 0 aliphatic heterocycles. The Morgan fingerprint density at radius 3 is 2.23 bits per heavy atom. The Kier molecular flexibility index (Phi) is 6.53. The van der Waals surface area contributed by atoms with Crippen molar-refractivity contribution in [3.63, 3.8) is 0 Å². The summed E-state index contributed by atoms with van der Waals surface area (Å²) in [4.78, 5) is 13.3. The van der Waals surface area contributed by atoms with Gasteiger partial charge in [0.05, 0.1) is 0 Å². The molecule has 0 unspecified atom stereocenters. The molecule has 2 aromatic rings. The van der Waals surface area contributed by atoms with Crippen LogP contribution in [0.5, 0.6) is 0 Å². The van der Waals surface area contributed by atoms with Gasteiger partial charge in [0.15, 0.2) is 0 Å². The van der Waals surface area contributed by atoms with Crippen molar-refractivity contribution in [3.05, 3.63) is 65.7 Å². The maximum atomic E-state index is 12.1. The second-order valence-electron chi connectivity index (χ2n) is 5.29. The molecule has 1 amide bonds. The number of benzene rings is 2. The van der Waals surface area contributed by atoms with E-state index in [9.17, 15) is 4.79 Å². The lowest BCUT2D eigenvalue weighted by atomic mass is 10.1. The van der Waals surface area contributed by atoms with Gasteiger partial charge in [-0.1, -0.05) is 44.2 Å². The van der Waals surface area contributed by atoms with Crippen LogP contribution >= 0.6 is 11.8 Å². The molecule has 0 bridgehead atoms. The molecule has 0 radical (unpaired) electrons. The monoisotopic (exact) mass is 313 g/mol. The van der Waals surface area contributed by atoms with E-state index in [2.05, 4.69) is 43.4 Å². The molecule has 2 aromatic carbocycles. The van der Waals surface area contributed by atoms with E-state index in [1.165, 1.54) is 10.5 Å². The summed E-state index contributed by atoms with van der Waals surface area (Å²) in [7, 11) is 0. The highest BCUT2D eigenvalue weighted by Gasteiger charge is 2.10. The first-order valence-electron chi connectivity index (χ1n) is 7.80. The molecule has 0 saturated heterocycles. The number of carbonyl (C=O) groups excluding carboxylic acids is 1. The van der Waals surface area contributed by atoms with Gasteiger partial charge in [0.2, 0.25) is 0 Å². The number of carbonyl (C=O) groups is 1. The van der Waals surface area contributed by atoms with Gasteiger partial charge >= 0.3 is 0 Å². The van der Waals surface area contributed by atoms with Gasteiger partial charge in [-0.2, -0.15) is 0 Å². The normalized spacial score (nSPS) is 10.7. The van der Waals surface area contributed by atoms with Crippen LogP contribution in [0.1, 0.15) is 42.6 Å². The predicted octanol–water partition coefficient (Wildman–Crippen LogP) is 4.90. The van der Waals surface area contributed by atoms with Crippen molar-refractivity contribution in [1.82, 2.24) is 5.32 Å². The standard InChI is InChI=1S/C19H23NOS/c1-3-17(4-2)20-19(21)16-10-12-18(13-11-16)22-14-15-8-6-5-7-9-15/h5-13,17H,3-4,14H2,1-2H3,(H,20,21). The number of amides is 1. The largest absolute Gasteiger partial charge is 0.349 e. The van der Waals surface area contributed by atoms with E-state index in [0.29, 0.717) is 0 Å². The molecular formula is C19H23NOS. The zero-order chi connectivity index (χ0) is 15.8. The summed E-state index contributed by atoms with van der Waals surface area (Å²) < 4.78 is 0. The minimum Gasteiger partial charge on any atom is -0.349 e. The van der Waals surface area contributed by atoms with Crippen LogP contribution < -0.4 is 5.32 Å². The molecule has 0 atom stereocenters.